The zero-order valence-electron chi connectivity index (χ0n) is 23.0. The minimum Gasteiger partial charge on any atom is -0.464 e. The van der Waals surface area contributed by atoms with Crippen LogP contribution in [0.4, 0.5) is 0 Å². The Morgan fingerprint density at radius 1 is 1.08 bits per heavy atom. The normalized spacial score (nSPS) is 18.1. The predicted octanol–water partition coefficient (Wildman–Crippen LogP) is 4.95. The summed E-state index contributed by atoms with van der Waals surface area (Å²) in [7, 11) is 0. The van der Waals surface area contributed by atoms with Gasteiger partial charge in [0.1, 0.15) is 6.04 Å². The number of carbonyl (C=O) groups is 2. The van der Waals surface area contributed by atoms with E-state index in [1.165, 1.54) is 36.2 Å². The average molecular weight is 521 g/mol. The van der Waals surface area contributed by atoms with Crippen LogP contribution in [-0.2, 0) is 40.1 Å². The molecule has 7 heteroatoms. The van der Waals surface area contributed by atoms with Gasteiger partial charge in [0.05, 0.1) is 12.6 Å². The zero-order chi connectivity index (χ0) is 26.6. The van der Waals surface area contributed by atoms with Crippen LogP contribution in [0.1, 0.15) is 93.6 Å². The third kappa shape index (κ3) is 8.35. The fourth-order valence-electron chi connectivity index (χ4n) is 5.75. The molecule has 2 atom stereocenters. The van der Waals surface area contributed by atoms with Crippen molar-refractivity contribution in [1.29, 1.82) is 0 Å². The van der Waals surface area contributed by atoms with E-state index in [0.29, 0.717) is 19.6 Å². The van der Waals surface area contributed by atoms with Crippen LogP contribution in [0.15, 0.2) is 36.7 Å². The Labute approximate surface area is 227 Å². The highest BCUT2D eigenvalue weighted by atomic mass is 16.5. The molecule has 1 aliphatic carbocycles. The lowest BCUT2D eigenvalue weighted by molar-refractivity contribution is -0.148. The summed E-state index contributed by atoms with van der Waals surface area (Å²) in [5.41, 5.74) is 5.08. The van der Waals surface area contributed by atoms with Gasteiger partial charge in [0, 0.05) is 30.3 Å². The molecule has 1 saturated heterocycles. The van der Waals surface area contributed by atoms with Crippen LogP contribution in [0.5, 0.6) is 0 Å². The molecule has 2 aliphatic rings. The second-order valence-corrected chi connectivity index (χ2v) is 10.7. The first-order valence-corrected chi connectivity index (χ1v) is 14.7. The van der Waals surface area contributed by atoms with Crippen LogP contribution >= 0.6 is 0 Å². The van der Waals surface area contributed by atoms with Crippen LogP contribution < -0.4 is 5.32 Å². The summed E-state index contributed by atoms with van der Waals surface area (Å²) >= 11 is 0. The van der Waals surface area contributed by atoms with E-state index in [4.69, 9.17) is 9.72 Å². The number of fused-ring (bicyclic) bond motifs is 1. The second kappa shape index (κ2) is 15.0. The number of unbranched alkanes of at least 4 members (excludes halogenated alkanes) is 4. The summed E-state index contributed by atoms with van der Waals surface area (Å²) in [5.74, 6) is -0.391. The Bertz CT molecular complexity index is 1030. The van der Waals surface area contributed by atoms with Crippen LogP contribution in [0.25, 0.3) is 0 Å². The topological polar surface area (TPSA) is 84.4 Å². The minimum absolute atomic E-state index is 0.0676. The number of rotatable bonds is 14. The molecule has 2 aromatic heterocycles. The quantitative estimate of drug-likeness (QED) is 0.280. The third-order valence-electron chi connectivity index (χ3n) is 7.82. The zero-order valence-corrected chi connectivity index (χ0v) is 23.0. The number of aryl methyl sites for hydroxylation is 3. The summed E-state index contributed by atoms with van der Waals surface area (Å²) in [4.78, 5) is 37.1. The fraction of sp³-hybridized carbons (Fsp3) is 0.613. The van der Waals surface area contributed by atoms with Gasteiger partial charge in [-0.15, -0.1) is 0 Å². The van der Waals surface area contributed by atoms with E-state index in [1.807, 2.05) is 18.3 Å². The number of hydrogen-bond donors (Lipinski definition) is 1. The van der Waals surface area contributed by atoms with Gasteiger partial charge in [0.25, 0.3) is 0 Å². The number of amides is 1. The number of aromatic nitrogens is 2. The summed E-state index contributed by atoms with van der Waals surface area (Å²) < 4.78 is 5.29. The third-order valence-corrected chi connectivity index (χ3v) is 7.82. The average Bonchev–Trinajstić information content (AvgIpc) is 3.40. The predicted molar refractivity (Wildman–Crippen MR) is 149 cm³/mol. The van der Waals surface area contributed by atoms with Crippen LogP contribution in [0, 0.1) is 0 Å². The highest BCUT2D eigenvalue weighted by Crippen LogP contribution is 2.22. The van der Waals surface area contributed by atoms with Gasteiger partial charge < -0.3 is 10.1 Å². The molecule has 1 aliphatic heterocycles. The minimum atomic E-state index is -0.581. The molecule has 0 saturated carbocycles. The number of pyridine rings is 2. The van der Waals surface area contributed by atoms with Crippen molar-refractivity contribution < 1.29 is 14.3 Å². The van der Waals surface area contributed by atoms with Crippen molar-refractivity contribution in [2.45, 2.75) is 109 Å². The molecular formula is C31H44N4O3. The fourth-order valence-corrected chi connectivity index (χ4v) is 5.75. The smallest absolute Gasteiger partial charge is 0.328 e. The largest absolute Gasteiger partial charge is 0.464 e. The van der Waals surface area contributed by atoms with Crippen molar-refractivity contribution in [2.24, 2.45) is 0 Å². The Morgan fingerprint density at radius 3 is 2.76 bits per heavy atom. The summed E-state index contributed by atoms with van der Waals surface area (Å²) in [6, 6.07) is 7.64. The molecule has 38 heavy (non-hydrogen) atoms. The number of likely N-dealkylation sites (tertiary alicyclic amines) is 1. The van der Waals surface area contributed by atoms with Crippen molar-refractivity contribution in [1.82, 2.24) is 20.2 Å². The molecule has 7 nitrogen and oxygen atoms in total. The van der Waals surface area contributed by atoms with Gasteiger partial charge in [0.2, 0.25) is 5.91 Å². The van der Waals surface area contributed by atoms with Gasteiger partial charge >= 0.3 is 5.97 Å². The van der Waals surface area contributed by atoms with E-state index < -0.39 is 6.04 Å². The molecule has 4 rings (SSSR count). The summed E-state index contributed by atoms with van der Waals surface area (Å²) in [6.07, 6.45) is 17.2. The molecule has 0 bridgehead atoms. The first-order chi connectivity index (χ1) is 18.6. The number of ether oxygens (including phenoxy) is 1. The summed E-state index contributed by atoms with van der Waals surface area (Å²) in [6.45, 7) is 3.69. The number of carbonyl (C=O) groups excluding carboxylic acids is 2. The van der Waals surface area contributed by atoms with Crippen LogP contribution in [0.2, 0.25) is 0 Å². The van der Waals surface area contributed by atoms with Crippen molar-refractivity contribution in [3.05, 3.63) is 59.2 Å². The lowest BCUT2D eigenvalue weighted by Gasteiger charge is -2.26. The van der Waals surface area contributed by atoms with E-state index >= 15 is 0 Å². The van der Waals surface area contributed by atoms with Gasteiger partial charge in [-0.25, -0.2) is 4.79 Å². The molecule has 1 N–H and O–H groups in total. The van der Waals surface area contributed by atoms with Gasteiger partial charge in [-0.1, -0.05) is 37.8 Å². The lowest BCUT2D eigenvalue weighted by Crippen LogP contribution is -2.49. The molecule has 206 valence electrons. The number of nitrogens with one attached hydrogen (secondary N) is 1. The monoisotopic (exact) mass is 520 g/mol. The van der Waals surface area contributed by atoms with E-state index in [1.54, 1.807) is 13.1 Å². The van der Waals surface area contributed by atoms with E-state index in [0.717, 1.165) is 69.9 Å². The second-order valence-electron chi connectivity index (χ2n) is 10.7. The van der Waals surface area contributed by atoms with Gasteiger partial charge in [-0.05, 0) is 94.5 Å². The molecule has 3 heterocycles. The van der Waals surface area contributed by atoms with E-state index in [9.17, 15) is 9.59 Å². The van der Waals surface area contributed by atoms with Crippen LogP contribution in [-0.4, -0.2) is 52.0 Å². The maximum Gasteiger partial charge on any atom is 0.328 e. The molecule has 0 aromatic carbocycles. The SMILES string of the molecule is CCOC(=O)[C@H](CCCCCCCc1ccc2c(n1)CCCC2)NC(=O)[C@@H]1CCCN1Cc1cccnc1. The highest BCUT2D eigenvalue weighted by molar-refractivity contribution is 5.87. The first-order valence-electron chi connectivity index (χ1n) is 14.7. The molecule has 2 aromatic rings. The maximum atomic E-state index is 13.2. The van der Waals surface area contributed by atoms with Gasteiger partial charge in [0.15, 0.2) is 0 Å². The molecule has 1 fully saturated rings. The van der Waals surface area contributed by atoms with Crippen molar-refractivity contribution >= 4 is 11.9 Å². The molecule has 1 amide bonds. The maximum absolute atomic E-state index is 13.2. The van der Waals surface area contributed by atoms with Crippen molar-refractivity contribution in [2.75, 3.05) is 13.2 Å². The number of nitrogens with zero attached hydrogens (tertiary/aromatic N) is 3. The Morgan fingerprint density at radius 2 is 1.92 bits per heavy atom. The Kier molecular flexibility index (Phi) is 11.1. The van der Waals surface area contributed by atoms with Gasteiger partial charge in [-0.3, -0.25) is 19.7 Å². The molecule has 0 unspecified atom stereocenters. The van der Waals surface area contributed by atoms with E-state index in [2.05, 4.69) is 27.3 Å². The van der Waals surface area contributed by atoms with Crippen LogP contribution in [0.3, 0.4) is 0 Å². The Balaban J connectivity index is 1.18. The lowest BCUT2D eigenvalue weighted by atomic mass is 9.95. The molecule has 0 radical (unpaired) electrons. The highest BCUT2D eigenvalue weighted by Gasteiger charge is 2.33. The van der Waals surface area contributed by atoms with Crippen molar-refractivity contribution in [3.63, 3.8) is 0 Å². The van der Waals surface area contributed by atoms with Crippen molar-refractivity contribution in [3.8, 4) is 0 Å². The Hall–Kier alpha value is -2.80. The molecule has 0 spiro atoms. The summed E-state index contributed by atoms with van der Waals surface area (Å²) in [5, 5.41) is 3.03. The number of hydrogen-bond acceptors (Lipinski definition) is 6. The molecular weight excluding hydrogens is 476 g/mol. The standard InChI is InChI=1S/C31H44N4O3/c1-2-38-31(37)28(34-30(36)29-17-11-21-35(29)23-24-12-10-20-32-22-24)16-7-5-3-4-6-14-26-19-18-25-13-8-9-15-27(25)33-26/h10,12,18-20,22,28-29H,2-9,11,13-17,21,23H2,1H3,(H,34,36)/t28-,29-/m0/s1. The van der Waals surface area contributed by atoms with Gasteiger partial charge in [-0.2, -0.15) is 0 Å². The first kappa shape index (κ1) is 28.2. The van der Waals surface area contributed by atoms with E-state index in [-0.39, 0.29) is 17.9 Å². The number of esters is 1.